The number of hydrogen-bond acceptors (Lipinski definition) is 7. The minimum absolute atomic E-state index is 0.122. The van der Waals surface area contributed by atoms with E-state index in [1.165, 1.54) is 4.68 Å². The molecule has 8 nitrogen and oxygen atoms in total. The highest BCUT2D eigenvalue weighted by Gasteiger charge is 2.20. The third kappa shape index (κ3) is 3.20. The number of nitrogens with zero attached hydrogens (tertiary/aromatic N) is 3. The number of benzene rings is 3. The smallest absolute Gasteiger partial charge is 0.282 e. The second-order valence-electron chi connectivity index (χ2n) is 7.42. The molecule has 3 aromatic carbocycles. The number of rotatable bonds is 4. The van der Waals surface area contributed by atoms with Gasteiger partial charge in [0.05, 0.1) is 24.2 Å². The lowest BCUT2D eigenvalue weighted by Gasteiger charge is -2.08. The van der Waals surface area contributed by atoms with E-state index in [1.54, 1.807) is 43.7 Å². The van der Waals surface area contributed by atoms with Crippen molar-refractivity contribution < 1.29 is 18.6 Å². The third-order valence-electron chi connectivity index (χ3n) is 5.40. The minimum atomic E-state index is -0.306. The Kier molecular flexibility index (Phi) is 4.36. The van der Waals surface area contributed by atoms with Crippen LogP contribution in [-0.4, -0.2) is 29.8 Å². The van der Waals surface area contributed by atoms with E-state index in [2.05, 4.69) is 5.10 Å². The predicted molar refractivity (Wildman–Crippen MR) is 123 cm³/mol. The van der Waals surface area contributed by atoms with Crippen molar-refractivity contribution in [3.05, 3.63) is 82.6 Å². The van der Waals surface area contributed by atoms with E-state index in [4.69, 9.17) is 23.6 Å². The summed E-state index contributed by atoms with van der Waals surface area (Å²) in [6.07, 6.45) is 1.55. The van der Waals surface area contributed by atoms with Gasteiger partial charge in [-0.15, -0.1) is 0 Å². The molecule has 5 aromatic rings. The molecule has 1 aliphatic rings. The van der Waals surface area contributed by atoms with Crippen molar-refractivity contribution in [1.29, 1.82) is 0 Å². The zero-order valence-electron chi connectivity index (χ0n) is 17.5. The molecule has 0 bridgehead atoms. The van der Waals surface area contributed by atoms with Crippen LogP contribution in [0, 0.1) is 0 Å². The first-order chi connectivity index (χ1) is 16.2. The van der Waals surface area contributed by atoms with Crippen LogP contribution in [0.25, 0.3) is 33.5 Å². The maximum atomic E-state index is 13.4. The number of para-hydroxylation sites is 2. The number of fused-ring (bicyclic) bond motifs is 3. The van der Waals surface area contributed by atoms with E-state index in [0.717, 1.165) is 5.39 Å². The van der Waals surface area contributed by atoms with Crippen LogP contribution in [0.4, 0.5) is 0 Å². The first kappa shape index (κ1) is 19.1. The van der Waals surface area contributed by atoms with Crippen LogP contribution in [0.5, 0.6) is 17.2 Å². The summed E-state index contributed by atoms with van der Waals surface area (Å²) in [7, 11) is 1.55. The summed E-state index contributed by atoms with van der Waals surface area (Å²) >= 11 is 0. The van der Waals surface area contributed by atoms with Crippen molar-refractivity contribution in [2.45, 2.75) is 0 Å². The lowest BCUT2D eigenvalue weighted by atomic mass is 10.2. The molecule has 0 N–H and O–H groups in total. The summed E-state index contributed by atoms with van der Waals surface area (Å²) < 4.78 is 23.6. The van der Waals surface area contributed by atoms with E-state index < -0.39 is 0 Å². The van der Waals surface area contributed by atoms with Gasteiger partial charge in [0, 0.05) is 10.9 Å². The molecule has 0 atom stereocenters. The number of methoxy groups -OCH3 is 1. The Labute approximate surface area is 187 Å². The van der Waals surface area contributed by atoms with Crippen molar-refractivity contribution in [1.82, 2.24) is 9.66 Å². The average Bonchev–Trinajstić information content (AvgIpc) is 3.50. The molecule has 0 saturated carbocycles. The van der Waals surface area contributed by atoms with Crippen LogP contribution in [0.15, 0.2) is 81.0 Å². The first-order valence-corrected chi connectivity index (χ1v) is 10.2. The molecule has 0 spiro atoms. The fourth-order valence-electron chi connectivity index (χ4n) is 3.83. The van der Waals surface area contributed by atoms with Gasteiger partial charge in [0.1, 0.15) is 5.58 Å². The summed E-state index contributed by atoms with van der Waals surface area (Å²) in [5.74, 6) is 2.37. The fourth-order valence-corrected chi connectivity index (χ4v) is 3.83. The SMILES string of the molecule is COc1cc(C=Nn2c(-c3cc4ccccc4o3)nc3ccccc3c2=O)cc2c1OCO2. The van der Waals surface area contributed by atoms with Crippen LogP contribution >= 0.6 is 0 Å². The molecule has 0 aliphatic carbocycles. The Morgan fingerprint density at radius 2 is 1.91 bits per heavy atom. The Bertz CT molecular complexity index is 1580. The van der Waals surface area contributed by atoms with Gasteiger partial charge in [-0.25, -0.2) is 4.98 Å². The molecule has 0 amide bonds. The predicted octanol–water partition coefficient (Wildman–Crippen LogP) is 4.43. The van der Waals surface area contributed by atoms with Gasteiger partial charge in [0.15, 0.2) is 17.3 Å². The van der Waals surface area contributed by atoms with Crippen molar-refractivity contribution in [3.63, 3.8) is 0 Å². The number of ether oxygens (including phenoxy) is 3. The summed E-state index contributed by atoms with van der Waals surface area (Å²) in [6, 6.07) is 20.1. The highest BCUT2D eigenvalue weighted by molar-refractivity contribution is 5.85. The van der Waals surface area contributed by atoms with Crippen molar-refractivity contribution in [2.24, 2.45) is 5.10 Å². The molecule has 33 heavy (non-hydrogen) atoms. The quantitative estimate of drug-likeness (QED) is 0.385. The molecular formula is C25H17N3O5. The molecule has 8 heteroatoms. The molecular weight excluding hydrogens is 422 g/mol. The van der Waals surface area contributed by atoms with Crippen LogP contribution < -0.4 is 19.8 Å². The van der Waals surface area contributed by atoms with Gasteiger partial charge in [0.2, 0.25) is 18.4 Å². The van der Waals surface area contributed by atoms with E-state index in [0.29, 0.717) is 50.9 Å². The maximum absolute atomic E-state index is 13.4. The Hall–Kier alpha value is -4.59. The fraction of sp³-hybridized carbons (Fsp3) is 0.0800. The van der Waals surface area contributed by atoms with E-state index in [1.807, 2.05) is 36.4 Å². The van der Waals surface area contributed by atoms with Gasteiger partial charge in [-0.1, -0.05) is 30.3 Å². The van der Waals surface area contributed by atoms with E-state index >= 15 is 0 Å². The van der Waals surface area contributed by atoms with Gasteiger partial charge in [-0.2, -0.15) is 9.78 Å². The molecule has 2 aromatic heterocycles. The Morgan fingerprint density at radius 3 is 2.79 bits per heavy atom. The molecule has 6 rings (SSSR count). The molecule has 0 saturated heterocycles. The van der Waals surface area contributed by atoms with E-state index in [-0.39, 0.29) is 12.4 Å². The zero-order chi connectivity index (χ0) is 22.4. The van der Waals surface area contributed by atoms with Crippen LogP contribution in [-0.2, 0) is 0 Å². The molecule has 162 valence electrons. The third-order valence-corrected chi connectivity index (χ3v) is 5.40. The van der Waals surface area contributed by atoms with E-state index in [9.17, 15) is 4.79 Å². The minimum Gasteiger partial charge on any atom is -0.493 e. The number of aromatic nitrogens is 2. The van der Waals surface area contributed by atoms with Gasteiger partial charge in [-0.05, 0) is 36.4 Å². The lowest BCUT2D eigenvalue weighted by molar-refractivity contribution is 0.171. The second-order valence-corrected chi connectivity index (χ2v) is 7.42. The van der Waals surface area contributed by atoms with Gasteiger partial charge in [-0.3, -0.25) is 4.79 Å². The highest BCUT2D eigenvalue weighted by Crippen LogP contribution is 2.41. The summed E-state index contributed by atoms with van der Waals surface area (Å²) in [4.78, 5) is 18.1. The normalized spacial score (nSPS) is 12.8. The highest BCUT2D eigenvalue weighted by atomic mass is 16.7. The summed E-state index contributed by atoms with van der Waals surface area (Å²) in [5, 5.41) is 5.84. The largest absolute Gasteiger partial charge is 0.493 e. The zero-order valence-corrected chi connectivity index (χ0v) is 17.5. The van der Waals surface area contributed by atoms with Crippen molar-refractivity contribution in [2.75, 3.05) is 13.9 Å². The molecule has 1 aliphatic heterocycles. The van der Waals surface area contributed by atoms with Crippen LogP contribution in [0.2, 0.25) is 0 Å². The molecule has 0 unspecified atom stereocenters. The topological polar surface area (TPSA) is 88.1 Å². The number of hydrogen-bond donors (Lipinski definition) is 0. The summed E-state index contributed by atoms with van der Waals surface area (Å²) in [6.45, 7) is 0.122. The average molecular weight is 439 g/mol. The number of furan rings is 1. The standard InChI is InChI=1S/C25H17N3O5/c1-30-20-10-15(11-21-23(20)32-14-31-21)13-26-28-24(22-12-16-6-2-5-9-19(16)33-22)27-18-8-4-3-7-17(18)25(28)29/h2-13H,14H2,1H3. The molecule has 3 heterocycles. The Morgan fingerprint density at radius 1 is 1.06 bits per heavy atom. The second kappa shape index (κ2) is 7.52. The maximum Gasteiger partial charge on any atom is 0.282 e. The van der Waals surface area contributed by atoms with Gasteiger partial charge in [0.25, 0.3) is 5.56 Å². The van der Waals surface area contributed by atoms with Gasteiger partial charge >= 0.3 is 0 Å². The molecule has 0 fully saturated rings. The van der Waals surface area contributed by atoms with Crippen LogP contribution in [0.1, 0.15) is 5.56 Å². The lowest BCUT2D eigenvalue weighted by Crippen LogP contribution is -2.20. The monoisotopic (exact) mass is 439 g/mol. The molecule has 0 radical (unpaired) electrons. The van der Waals surface area contributed by atoms with Crippen molar-refractivity contribution >= 4 is 28.1 Å². The summed E-state index contributed by atoms with van der Waals surface area (Å²) in [5.41, 5.74) is 1.63. The Balaban J connectivity index is 1.54. The first-order valence-electron chi connectivity index (χ1n) is 10.2. The van der Waals surface area contributed by atoms with Crippen LogP contribution in [0.3, 0.4) is 0 Å². The van der Waals surface area contributed by atoms with Crippen molar-refractivity contribution in [3.8, 4) is 28.8 Å². The van der Waals surface area contributed by atoms with Gasteiger partial charge < -0.3 is 18.6 Å².